The number of fused-ring (bicyclic) bond motifs is 1. The summed E-state index contributed by atoms with van der Waals surface area (Å²) in [6, 6.07) is 7.73. The predicted molar refractivity (Wildman–Crippen MR) is 114 cm³/mol. The molecule has 1 saturated carbocycles. The van der Waals surface area contributed by atoms with Crippen LogP contribution in [0.2, 0.25) is 5.02 Å². The van der Waals surface area contributed by atoms with Crippen LogP contribution in [0.1, 0.15) is 31.4 Å². The first-order valence-corrected chi connectivity index (χ1v) is 10.5. The summed E-state index contributed by atoms with van der Waals surface area (Å²) in [5, 5.41) is 8.29. The summed E-state index contributed by atoms with van der Waals surface area (Å²) in [5.74, 6) is 0.654. The van der Waals surface area contributed by atoms with Gasteiger partial charge in [0.15, 0.2) is 0 Å². The topological polar surface area (TPSA) is 43.1 Å². The number of piperidine rings is 1. The Balaban J connectivity index is 1.30. The molecule has 1 aliphatic carbocycles. The second-order valence-corrected chi connectivity index (χ2v) is 8.75. The van der Waals surface area contributed by atoms with Crippen LogP contribution in [-0.2, 0) is 6.54 Å². The van der Waals surface area contributed by atoms with Crippen molar-refractivity contribution in [3.8, 4) is 0 Å². The molecule has 1 unspecified atom stereocenters. The van der Waals surface area contributed by atoms with Crippen molar-refractivity contribution in [2.75, 3.05) is 13.1 Å². The van der Waals surface area contributed by atoms with Gasteiger partial charge in [-0.1, -0.05) is 24.8 Å². The monoisotopic (exact) mass is 438 g/mol. The number of allylic oxidation sites excluding steroid dienone is 1. The van der Waals surface area contributed by atoms with Crippen LogP contribution >= 0.6 is 11.6 Å². The van der Waals surface area contributed by atoms with Crippen LogP contribution in [0.25, 0.3) is 10.9 Å². The lowest BCUT2D eigenvalue weighted by Crippen LogP contribution is -2.48. The van der Waals surface area contributed by atoms with Gasteiger partial charge >= 0.3 is 6.18 Å². The lowest BCUT2D eigenvalue weighted by atomic mass is 9.97. The molecule has 1 saturated heterocycles. The fraction of sp³-hybridized carbons (Fsp3) is 0.455. The quantitative estimate of drug-likeness (QED) is 0.550. The van der Waals surface area contributed by atoms with Crippen LogP contribution in [0, 0.1) is 5.41 Å². The first kappa shape index (κ1) is 21.0. The first-order valence-electron chi connectivity index (χ1n) is 10.2. The molecule has 162 valence electrons. The van der Waals surface area contributed by atoms with Gasteiger partial charge < -0.3 is 20.5 Å². The molecule has 0 amide bonds. The third-order valence-electron chi connectivity index (χ3n) is 6.16. The zero-order valence-electron chi connectivity index (χ0n) is 16.7. The number of likely N-dealkylation sites (tertiary alicyclic amines) is 1. The van der Waals surface area contributed by atoms with Gasteiger partial charge in [-0.05, 0) is 49.9 Å². The highest BCUT2D eigenvalue weighted by Crippen LogP contribution is 2.62. The van der Waals surface area contributed by atoms with E-state index in [-0.39, 0.29) is 24.6 Å². The summed E-state index contributed by atoms with van der Waals surface area (Å²) in [6.45, 7) is 9.52. The molecule has 0 radical (unpaired) electrons. The fourth-order valence-corrected chi connectivity index (χ4v) is 4.44. The summed E-state index contributed by atoms with van der Waals surface area (Å²) in [5.41, 5.74) is 0.518. The van der Waals surface area contributed by atoms with Gasteiger partial charge in [0.1, 0.15) is 5.41 Å². The van der Waals surface area contributed by atoms with Crippen molar-refractivity contribution in [1.82, 2.24) is 20.5 Å². The highest BCUT2D eigenvalue weighted by Gasteiger charge is 2.66. The highest BCUT2D eigenvalue weighted by molar-refractivity contribution is 6.31. The van der Waals surface area contributed by atoms with Crippen molar-refractivity contribution < 1.29 is 13.2 Å². The number of H-pyrrole nitrogens is 1. The Kier molecular flexibility index (Phi) is 5.43. The zero-order valence-corrected chi connectivity index (χ0v) is 17.5. The number of rotatable bonds is 7. The molecule has 3 N–H and O–H groups in total. The number of benzene rings is 1. The molecule has 0 bridgehead atoms. The van der Waals surface area contributed by atoms with Crippen molar-refractivity contribution in [3.63, 3.8) is 0 Å². The second-order valence-electron chi connectivity index (χ2n) is 8.31. The van der Waals surface area contributed by atoms with Crippen molar-refractivity contribution in [3.05, 3.63) is 59.7 Å². The molecule has 2 heterocycles. The molecule has 2 fully saturated rings. The van der Waals surface area contributed by atoms with E-state index in [9.17, 15) is 13.2 Å². The molecule has 2 aliphatic rings. The molecule has 1 aliphatic heterocycles. The molecular formula is C22H26ClF3N4. The number of aromatic amines is 1. The molecule has 4 nitrogen and oxygen atoms in total. The summed E-state index contributed by atoms with van der Waals surface area (Å²) in [7, 11) is 0. The molecule has 30 heavy (non-hydrogen) atoms. The predicted octanol–water partition coefficient (Wildman–Crippen LogP) is 5.29. The van der Waals surface area contributed by atoms with E-state index in [1.54, 1.807) is 4.90 Å². The number of nitrogens with zero attached hydrogens (tertiary/aromatic N) is 1. The number of alkyl halides is 3. The zero-order chi connectivity index (χ0) is 21.5. The van der Waals surface area contributed by atoms with E-state index >= 15 is 0 Å². The van der Waals surface area contributed by atoms with Gasteiger partial charge in [-0.25, -0.2) is 0 Å². The Hall–Kier alpha value is -2.28. The maximum absolute atomic E-state index is 13.4. The number of nitrogens with one attached hydrogen (secondary N) is 3. The van der Waals surface area contributed by atoms with E-state index in [0.29, 0.717) is 30.5 Å². The minimum Gasteiger partial charge on any atom is -0.373 e. The third kappa shape index (κ3) is 4.13. The van der Waals surface area contributed by atoms with E-state index in [0.717, 1.165) is 29.4 Å². The lowest BCUT2D eigenvalue weighted by Gasteiger charge is -2.39. The Morgan fingerprint density at radius 1 is 1.27 bits per heavy atom. The summed E-state index contributed by atoms with van der Waals surface area (Å²) in [6.07, 6.45) is -2.23. The van der Waals surface area contributed by atoms with Crippen molar-refractivity contribution >= 4 is 22.5 Å². The smallest absolute Gasteiger partial charge is 0.373 e. The van der Waals surface area contributed by atoms with Crippen LogP contribution in [0.15, 0.2) is 48.9 Å². The van der Waals surface area contributed by atoms with E-state index in [4.69, 9.17) is 11.6 Å². The Labute approximate surface area is 179 Å². The number of halogens is 4. The van der Waals surface area contributed by atoms with Gasteiger partial charge in [0.25, 0.3) is 0 Å². The second kappa shape index (κ2) is 7.76. The van der Waals surface area contributed by atoms with Crippen LogP contribution in [-0.4, -0.2) is 35.2 Å². The molecule has 1 aromatic carbocycles. The molecule has 1 atom stereocenters. The summed E-state index contributed by atoms with van der Waals surface area (Å²) < 4.78 is 40.3. The molecule has 1 aromatic heterocycles. The van der Waals surface area contributed by atoms with Crippen molar-refractivity contribution in [2.45, 2.75) is 44.4 Å². The minimum absolute atomic E-state index is 0.0288. The van der Waals surface area contributed by atoms with Crippen molar-refractivity contribution in [2.24, 2.45) is 5.41 Å². The van der Waals surface area contributed by atoms with Gasteiger partial charge in [0.05, 0.1) is 12.4 Å². The van der Waals surface area contributed by atoms with Crippen LogP contribution in [0.3, 0.4) is 0 Å². The minimum atomic E-state index is -4.22. The molecule has 8 heteroatoms. The standard InChI is InChI=1S/C22H26ClF3N4/c1-14(21(7-8-21)22(24,25)26)30-9-3-4-18(13-30)28-15(2)27-12-19-11-16-10-17(23)5-6-20(16)29-19/h5-6,10-11,18,27-29H,1-4,7-9,12-13H2. The van der Waals surface area contributed by atoms with E-state index in [1.165, 1.54) is 0 Å². The molecule has 0 spiro atoms. The summed E-state index contributed by atoms with van der Waals surface area (Å²) >= 11 is 6.03. The van der Waals surface area contributed by atoms with E-state index < -0.39 is 11.6 Å². The van der Waals surface area contributed by atoms with Crippen LogP contribution < -0.4 is 10.6 Å². The van der Waals surface area contributed by atoms with Crippen LogP contribution in [0.4, 0.5) is 13.2 Å². The lowest BCUT2D eigenvalue weighted by molar-refractivity contribution is -0.180. The Morgan fingerprint density at radius 3 is 2.73 bits per heavy atom. The number of aromatic nitrogens is 1. The van der Waals surface area contributed by atoms with Gasteiger partial charge in [-0.15, -0.1) is 0 Å². The first-order chi connectivity index (χ1) is 14.2. The van der Waals surface area contributed by atoms with E-state index in [2.05, 4.69) is 28.8 Å². The van der Waals surface area contributed by atoms with Gasteiger partial charge in [0, 0.05) is 46.4 Å². The van der Waals surface area contributed by atoms with Crippen molar-refractivity contribution in [1.29, 1.82) is 0 Å². The highest BCUT2D eigenvalue weighted by atomic mass is 35.5. The average Bonchev–Trinajstić information content (AvgIpc) is 3.41. The summed E-state index contributed by atoms with van der Waals surface area (Å²) in [4.78, 5) is 5.13. The SMILES string of the molecule is C=C(NCc1cc2cc(Cl)ccc2[nH]1)NC1CCCN(C(=C)C2(C(F)(F)F)CC2)C1. The Morgan fingerprint density at radius 2 is 2.03 bits per heavy atom. The maximum atomic E-state index is 13.4. The molecule has 4 rings (SSSR count). The number of hydrogen-bond donors (Lipinski definition) is 3. The van der Waals surface area contributed by atoms with Crippen LogP contribution in [0.5, 0.6) is 0 Å². The van der Waals surface area contributed by atoms with E-state index in [1.807, 2.05) is 24.3 Å². The van der Waals surface area contributed by atoms with Gasteiger partial charge in [0.2, 0.25) is 0 Å². The molecular weight excluding hydrogens is 413 g/mol. The largest absolute Gasteiger partial charge is 0.399 e. The Bertz CT molecular complexity index is 961. The fourth-order valence-electron chi connectivity index (χ4n) is 4.26. The maximum Gasteiger partial charge on any atom is 0.399 e. The average molecular weight is 439 g/mol. The molecule has 2 aromatic rings. The normalized spacial score (nSPS) is 20.8. The number of hydrogen-bond acceptors (Lipinski definition) is 3. The van der Waals surface area contributed by atoms with Gasteiger partial charge in [-0.3, -0.25) is 0 Å². The van der Waals surface area contributed by atoms with Gasteiger partial charge in [-0.2, -0.15) is 13.2 Å². The third-order valence-corrected chi connectivity index (χ3v) is 6.39.